The third-order valence-electron chi connectivity index (χ3n) is 2.73. The molecule has 0 aliphatic rings. The fourth-order valence-corrected chi connectivity index (χ4v) is 3.39. The van der Waals surface area contributed by atoms with Crippen molar-refractivity contribution in [2.75, 3.05) is 19.1 Å². The zero-order valence-corrected chi connectivity index (χ0v) is 12.4. The molecule has 1 aromatic carbocycles. The lowest BCUT2D eigenvalue weighted by molar-refractivity contribution is 0.415. The third-order valence-corrected chi connectivity index (χ3v) is 4.86. The van der Waals surface area contributed by atoms with Gasteiger partial charge in [-0.3, -0.25) is 0 Å². The first kappa shape index (κ1) is 14.2. The highest BCUT2D eigenvalue weighted by molar-refractivity contribution is 7.90. The van der Waals surface area contributed by atoms with Crippen LogP contribution < -0.4 is 10.5 Å². The SMILES string of the molecule is COc1ccc2nc(C(N)CCS(C)(=O)=O)sc2c1. The molecule has 1 aromatic heterocycles. The fourth-order valence-electron chi connectivity index (χ4n) is 1.67. The van der Waals surface area contributed by atoms with Crippen molar-refractivity contribution < 1.29 is 13.2 Å². The van der Waals surface area contributed by atoms with Gasteiger partial charge >= 0.3 is 0 Å². The van der Waals surface area contributed by atoms with Crippen LogP contribution in [0, 0.1) is 0 Å². The minimum absolute atomic E-state index is 0.0768. The Morgan fingerprint density at radius 1 is 1.47 bits per heavy atom. The highest BCUT2D eigenvalue weighted by atomic mass is 32.2. The van der Waals surface area contributed by atoms with E-state index in [0.717, 1.165) is 21.0 Å². The summed E-state index contributed by atoms with van der Waals surface area (Å²) < 4.78 is 28.4. The second-order valence-electron chi connectivity index (χ2n) is 4.41. The predicted molar refractivity (Wildman–Crippen MR) is 77.4 cm³/mol. The number of hydrogen-bond acceptors (Lipinski definition) is 6. The molecule has 0 saturated carbocycles. The van der Waals surface area contributed by atoms with Crippen LogP contribution in [0.4, 0.5) is 0 Å². The molecular formula is C12H16N2O3S2. The van der Waals surface area contributed by atoms with E-state index in [4.69, 9.17) is 10.5 Å². The maximum absolute atomic E-state index is 11.1. The first-order chi connectivity index (χ1) is 8.89. The van der Waals surface area contributed by atoms with Gasteiger partial charge in [-0.1, -0.05) is 0 Å². The van der Waals surface area contributed by atoms with Crippen LogP contribution in [-0.4, -0.2) is 32.5 Å². The summed E-state index contributed by atoms with van der Waals surface area (Å²) in [6.07, 6.45) is 1.60. The van der Waals surface area contributed by atoms with Crippen molar-refractivity contribution in [3.8, 4) is 5.75 Å². The summed E-state index contributed by atoms with van der Waals surface area (Å²) in [6, 6.07) is 5.27. The van der Waals surface area contributed by atoms with Gasteiger partial charge in [-0.25, -0.2) is 13.4 Å². The summed E-state index contributed by atoms with van der Waals surface area (Å²) in [5.74, 6) is 0.848. The van der Waals surface area contributed by atoms with E-state index < -0.39 is 9.84 Å². The number of thiazole rings is 1. The van der Waals surface area contributed by atoms with Crippen LogP contribution in [0.3, 0.4) is 0 Å². The number of methoxy groups -OCH3 is 1. The first-order valence-electron chi connectivity index (χ1n) is 5.77. The molecule has 0 amide bonds. The van der Waals surface area contributed by atoms with Crippen LogP contribution in [0.2, 0.25) is 0 Å². The third kappa shape index (κ3) is 3.65. The number of rotatable bonds is 5. The van der Waals surface area contributed by atoms with Crippen LogP contribution in [0.15, 0.2) is 18.2 Å². The van der Waals surface area contributed by atoms with E-state index >= 15 is 0 Å². The lowest BCUT2D eigenvalue weighted by Gasteiger charge is -2.06. The number of ether oxygens (including phenoxy) is 1. The van der Waals surface area contributed by atoms with Gasteiger partial charge in [0.15, 0.2) is 0 Å². The van der Waals surface area contributed by atoms with Gasteiger partial charge in [0.25, 0.3) is 0 Å². The summed E-state index contributed by atoms with van der Waals surface area (Å²) >= 11 is 1.47. The molecule has 5 nitrogen and oxygen atoms in total. The van der Waals surface area contributed by atoms with Gasteiger partial charge in [-0.05, 0) is 24.6 Å². The van der Waals surface area contributed by atoms with E-state index in [1.54, 1.807) is 7.11 Å². The molecule has 0 saturated heterocycles. The summed E-state index contributed by atoms with van der Waals surface area (Å²) in [5, 5.41) is 0.756. The molecule has 2 rings (SSSR count). The number of benzene rings is 1. The zero-order valence-electron chi connectivity index (χ0n) is 10.8. The van der Waals surface area contributed by atoms with Crippen molar-refractivity contribution in [3.05, 3.63) is 23.2 Å². The van der Waals surface area contributed by atoms with Crippen LogP contribution in [-0.2, 0) is 9.84 Å². The average molecular weight is 300 g/mol. The van der Waals surface area contributed by atoms with Crippen molar-refractivity contribution in [2.24, 2.45) is 5.73 Å². The number of hydrogen-bond donors (Lipinski definition) is 1. The normalized spacial score (nSPS) is 13.6. The number of aromatic nitrogens is 1. The largest absolute Gasteiger partial charge is 0.497 e. The van der Waals surface area contributed by atoms with Crippen molar-refractivity contribution >= 4 is 31.4 Å². The van der Waals surface area contributed by atoms with Gasteiger partial charge in [-0.15, -0.1) is 11.3 Å². The molecule has 0 bridgehead atoms. The molecular weight excluding hydrogens is 284 g/mol. The van der Waals surface area contributed by atoms with Crippen molar-refractivity contribution in [1.82, 2.24) is 4.98 Å². The second-order valence-corrected chi connectivity index (χ2v) is 7.73. The first-order valence-corrected chi connectivity index (χ1v) is 8.64. The number of nitrogens with zero attached hydrogens (tertiary/aromatic N) is 1. The standard InChI is InChI=1S/C12H16N2O3S2/c1-17-8-3-4-10-11(7-8)18-12(14-10)9(13)5-6-19(2,15)16/h3-4,7,9H,5-6,13H2,1-2H3. The number of sulfone groups is 1. The molecule has 0 spiro atoms. The molecule has 2 N–H and O–H groups in total. The fraction of sp³-hybridized carbons (Fsp3) is 0.417. The van der Waals surface area contributed by atoms with Gasteiger partial charge < -0.3 is 10.5 Å². The molecule has 0 aliphatic heterocycles. The van der Waals surface area contributed by atoms with Crippen molar-refractivity contribution in [3.63, 3.8) is 0 Å². The molecule has 104 valence electrons. The molecule has 0 fully saturated rings. The Hall–Kier alpha value is -1.18. The summed E-state index contributed by atoms with van der Waals surface area (Å²) in [5.41, 5.74) is 6.85. The minimum atomic E-state index is -2.99. The maximum Gasteiger partial charge on any atom is 0.147 e. The summed E-state index contributed by atoms with van der Waals surface area (Å²) in [4.78, 5) is 4.43. The topological polar surface area (TPSA) is 82.3 Å². The Morgan fingerprint density at radius 3 is 2.84 bits per heavy atom. The second kappa shape index (κ2) is 5.44. The van der Waals surface area contributed by atoms with Crippen LogP contribution in [0.25, 0.3) is 10.2 Å². The molecule has 1 heterocycles. The van der Waals surface area contributed by atoms with Crippen LogP contribution in [0.1, 0.15) is 17.5 Å². The van der Waals surface area contributed by atoms with E-state index in [1.165, 1.54) is 17.6 Å². The quantitative estimate of drug-likeness (QED) is 0.909. The molecule has 7 heteroatoms. The monoisotopic (exact) mass is 300 g/mol. The highest BCUT2D eigenvalue weighted by Gasteiger charge is 2.14. The molecule has 1 unspecified atom stereocenters. The minimum Gasteiger partial charge on any atom is -0.497 e. The summed E-state index contributed by atoms with van der Waals surface area (Å²) in [6.45, 7) is 0. The summed E-state index contributed by atoms with van der Waals surface area (Å²) in [7, 11) is -1.38. The molecule has 0 radical (unpaired) electrons. The van der Waals surface area contributed by atoms with Gasteiger partial charge in [0.2, 0.25) is 0 Å². The van der Waals surface area contributed by atoms with Crippen LogP contribution >= 0.6 is 11.3 Å². The molecule has 1 atom stereocenters. The van der Waals surface area contributed by atoms with Crippen molar-refractivity contribution in [2.45, 2.75) is 12.5 Å². The van der Waals surface area contributed by atoms with E-state index in [2.05, 4.69) is 4.98 Å². The van der Waals surface area contributed by atoms with E-state index in [9.17, 15) is 8.42 Å². The lowest BCUT2D eigenvalue weighted by atomic mass is 10.2. The molecule has 0 aliphatic carbocycles. The average Bonchev–Trinajstić information content (AvgIpc) is 2.77. The Morgan fingerprint density at radius 2 is 2.21 bits per heavy atom. The van der Waals surface area contributed by atoms with E-state index in [-0.39, 0.29) is 11.8 Å². The highest BCUT2D eigenvalue weighted by Crippen LogP contribution is 2.29. The van der Waals surface area contributed by atoms with Gasteiger partial charge in [0.05, 0.1) is 29.1 Å². The molecule has 19 heavy (non-hydrogen) atoms. The van der Waals surface area contributed by atoms with Crippen molar-refractivity contribution in [1.29, 1.82) is 0 Å². The zero-order chi connectivity index (χ0) is 14.0. The lowest BCUT2D eigenvalue weighted by Crippen LogP contribution is -2.15. The smallest absolute Gasteiger partial charge is 0.147 e. The van der Waals surface area contributed by atoms with E-state index in [0.29, 0.717) is 6.42 Å². The van der Waals surface area contributed by atoms with Gasteiger partial charge in [0, 0.05) is 6.26 Å². The Bertz CT molecular complexity index is 679. The number of fused-ring (bicyclic) bond motifs is 1. The predicted octanol–water partition coefficient (Wildman–Crippen LogP) is 1.74. The number of nitrogens with two attached hydrogens (primary N) is 1. The molecule has 2 aromatic rings. The Labute approximate surface area is 116 Å². The van der Waals surface area contributed by atoms with Gasteiger partial charge in [-0.2, -0.15) is 0 Å². The van der Waals surface area contributed by atoms with Gasteiger partial charge in [0.1, 0.15) is 20.6 Å². The Balaban J connectivity index is 2.20. The van der Waals surface area contributed by atoms with Crippen LogP contribution in [0.5, 0.6) is 5.75 Å². The Kier molecular flexibility index (Phi) is 4.07. The maximum atomic E-state index is 11.1. The van der Waals surface area contributed by atoms with E-state index in [1.807, 2.05) is 18.2 Å².